The Morgan fingerprint density at radius 1 is 1.54 bits per heavy atom. The number of aromatic nitrogens is 2. The number of halogens is 1. The summed E-state index contributed by atoms with van der Waals surface area (Å²) >= 11 is 3.34. The van der Waals surface area contributed by atoms with Gasteiger partial charge in [-0.2, -0.15) is 0 Å². The lowest BCUT2D eigenvalue weighted by Crippen LogP contribution is -2.20. The number of nitrogens with two attached hydrogens (primary N) is 1. The van der Waals surface area contributed by atoms with E-state index in [1.807, 2.05) is 0 Å². The first kappa shape index (κ1) is 9.21. The molecule has 1 fully saturated rings. The van der Waals surface area contributed by atoms with Gasteiger partial charge in [0, 0.05) is 0 Å². The number of nitrogens with one attached hydrogen (secondary N) is 1. The number of H-pyrrole nitrogens is 1. The number of hydrogen-bond acceptors (Lipinski definition) is 2. The predicted octanol–water partition coefficient (Wildman–Crippen LogP) is 2.36. The standard InChI is InChI=1S/C9H14BrN3/c10-7-5-12-9(13-7)8(11)6-3-1-2-4-6/h5-6,8H,1-4,11H2,(H,12,13). The van der Waals surface area contributed by atoms with Gasteiger partial charge in [-0.1, -0.05) is 12.8 Å². The maximum absolute atomic E-state index is 6.10. The van der Waals surface area contributed by atoms with Gasteiger partial charge in [0.05, 0.1) is 12.2 Å². The minimum absolute atomic E-state index is 0.0915. The van der Waals surface area contributed by atoms with Crippen molar-refractivity contribution < 1.29 is 0 Å². The minimum atomic E-state index is 0.0915. The second-order valence-corrected chi connectivity index (χ2v) is 4.54. The Hall–Kier alpha value is -0.350. The van der Waals surface area contributed by atoms with Gasteiger partial charge in [-0.05, 0) is 34.7 Å². The van der Waals surface area contributed by atoms with Crippen LogP contribution >= 0.6 is 15.9 Å². The van der Waals surface area contributed by atoms with Gasteiger partial charge in [0.2, 0.25) is 0 Å². The molecule has 13 heavy (non-hydrogen) atoms. The fourth-order valence-corrected chi connectivity index (χ4v) is 2.33. The summed E-state index contributed by atoms with van der Waals surface area (Å²) in [4.78, 5) is 7.37. The first-order valence-electron chi connectivity index (χ1n) is 4.73. The van der Waals surface area contributed by atoms with Crippen molar-refractivity contribution in [1.29, 1.82) is 0 Å². The van der Waals surface area contributed by atoms with Gasteiger partial charge in [-0.25, -0.2) is 4.98 Å². The van der Waals surface area contributed by atoms with Crippen LogP contribution < -0.4 is 5.73 Å². The smallest absolute Gasteiger partial charge is 0.124 e. The number of imidazole rings is 1. The third-order valence-electron chi connectivity index (χ3n) is 2.79. The van der Waals surface area contributed by atoms with Crippen LogP contribution in [-0.2, 0) is 0 Å². The van der Waals surface area contributed by atoms with Crippen molar-refractivity contribution in [2.75, 3.05) is 0 Å². The van der Waals surface area contributed by atoms with E-state index in [-0.39, 0.29) is 6.04 Å². The zero-order chi connectivity index (χ0) is 9.26. The lowest BCUT2D eigenvalue weighted by molar-refractivity contribution is 0.430. The van der Waals surface area contributed by atoms with Crippen LogP contribution in [-0.4, -0.2) is 9.97 Å². The lowest BCUT2D eigenvalue weighted by Gasteiger charge is -2.15. The highest BCUT2D eigenvalue weighted by Gasteiger charge is 2.24. The zero-order valence-corrected chi connectivity index (χ0v) is 9.05. The zero-order valence-electron chi connectivity index (χ0n) is 7.46. The average Bonchev–Trinajstić information content (AvgIpc) is 2.72. The van der Waals surface area contributed by atoms with Crippen LogP contribution in [0.2, 0.25) is 0 Å². The van der Waals surface area contributed by atoms with E-state index >= 15 is 0 Å². The van der Waals surface area contributed by atoms with Crippen molar-refractivity contribution in [1.82, 2.24) is 9.97 Å². The Balaban J connectivity index is 2.07. The van der Waals surface area contributed by atoms with Crippen LogP contribution in [0.4, 0.5) is 0 Å². The van der Waals surface area contributed by atoms with Gasteiger partial charge in [-0.3, -0.25) is 0 Å². The molecule has 0 amide bonds. The first-order chi connectivity index (χ1) is 6.27. The molecule has 1 aromatic heterocycles. The Bertz CT molecular complexity index is 278. The molecule has 1 heterocycles. The molecule has 1 aliphatic carbocycles. The Labute approximate surface area is 86.3 Å². The summed E-state index contributed by atoms with van der Waals surface area (Å²) in [5.74, 6) is 1.54. The van der Waals surface area contributed by atoms with Gasteiger partial charge in [0.1, 0.15) is 10.4 Å². The van der Waals surface area contributed by atoms with Crippen LogP contribution in [0.25, 0.3) is 0 Å². The van der Waals surface area contributed by atoms with E-state index in [9.17, 15) is 0 Å². The monoisotopic (exact) mass is 243 g/mol. The maximum Gasteiger partial charge on any atom is 0.124 e. The highest BCUT2D eigenvalue weighted by Crippen LogP contribution is 2.33. The second-order valence-electron chi connectivity index (χ2n) is 3.69. The van der Waals surface area contributed by atoms with Crippen molar-refractivity contribution in [3.8, 4) is 0 Å². The van der Waals surface area contributed by atoms with Crippen molar-refractivity contribution in [3.63, 3.8) is 0 Å². The number of hydrogen-bond donors (Lipinski definition) is 2. The van der Waals surface area contributed by atoms with Gasteiger partial charge >= 0.3 is 0 Å². The van der Waals surface area contributed by atoms with Crippen LogP contribution in [0, 0.1) is 5.92 Å². The first-order valence-corrected chi connectivity index (χ1v) is 5.52. The molecule has 1 aromatic rings. The molecule has 0 spiro atoms. The summed E-state index contributed by atoms with van der Waals surface area (Å²) in [6.45, 7) is 0. The topological polar surface area (TPSA) is 54.7 Å². The van der Waals surface area contributed by atoms with Gasteiger partial charge in [0.25, 0.3) is 0 Å². The summed E-state index contributed by atoms with van der Waals surface area (Å²) in [7, 11) is 0. The van der Waals surface area contributed by atoms with E-state index in [1.54, 1.807) is 6.20 Å². The maximum atomic E-state index is 6.10. The van der Waals surface area contributed by atoms with Crippen molar-refractivity contribution in [2.45, 2.75) is 31.7 Å². The van der Waals surface area contributed by atoms with Crippen LogP contribution in [0.3, 0.4) is 0 Å². The molecule has 4 heteroatoms. The molecule has 0 saturated heterocycles. The van der Waals surface area contributed by atoms with Crippen LogP contribution in [0.15, 0.2) is 10.8 Å². The van der Waals surface area contributed by atoms with E-state index in [1.165, 1.54) is 25.7 Å². The predicted molar refractivity (Wildman–Crippen MR) is 55.2 cm³/mol. The fourth-order valence-electron chi connectivity index (χ4n) is 2.02. The highest BCUT2D eigenvalue weighted by atomic mass is 79.9. The summed E-state index contributed by atoms with van der Waals surface area (Å²) in [5.41, 5.74) is 6.10. The number of rotatable bonds is 2. The Morgan fingerprint density at radius 3 is 2.77 bits per heavy atom. The third kappa shape index (κ3) is 1.94. The molecule has 3 nitrogen and oxygen atoms in total. The minimum Gasteiger partial charge on any atom is -0.335 e. The Kier molecular flexibility index (Phi) is 2.69. The quantitative estimate of drug-likeness (QED) is 0.839. The molecule has 0 bridgehead atoms. The third-order valence-corrected chi connectivity index (χ3v) is 3.19. The molecule has 1 atom stereocenters. The van der Waals surface area contributed by atoms with Gasteiger partial charge in [0.15, 0.2) is 0 Å². The van der Waals surface area contributed by atoms with Crippen molar-refractivity contribution in [3.05, 3.63) is 16.6 Å². The largest absolute Gasteiger partial charge is 0.335 e. The lowest BCUT2D eigenvalue weighted by atomic mass is 9.99. The van der Waals surface area contributed by atoms with E-state index in [0.717, 1.165) is 10.4 Å². The molecule has 3 N–H and O–H groups in total. The van der Waals surface area contributed by atoms with Crippen molar-refractivity contribution >= 4 is 15.9 Å². The molecule has 0 aliphatic heterocycles. The van der Waals surface area contributed by atoms with Gasteiger partial charge < -0.3 is 10.7 Å². The number of aromatic amines is 1. The average molecular weight is 244 g/mol. The Morgan fingerprint density at radius 2 is 2.23 bits per heavy atom. The number of nitrogens with zero attached hydrogens (tertiary/aromatic N) is 1. The summed E-state index contributed by atoms with van der Waals surface area (Å²) < 4.78 is 0.913. The summed E-state index contributed by atoms with van der Waals surface area (Å²) in [6.07, 6.45) is 6.91. The van der Waals surface area contributed by atoms with Crippen molar-refractivity contribution in [2.24, 2.45) is 11.7 Å². The SMILES string of the molecule is NC(c1ncc(Br)[nH]1)C1CCCC1. The fraction of sp³-hybridized carbons (Fsp3) is 0.667. The highest BCUT2D eigenvalue weighted by molar-refractivity contribution is 9.10. The van der Waals surface area contributed by atoms with E-state index in [0.29, 0.717) is 5.92 Å². The van der Waals surface area contributed by atoms with E-state index < -0.39 is 0 Å². The molecular formula is C9H14BrN3. The van der Waals surface area contributed by atoms with Crippen LogP contribution in [0.5, 0.6) is 0 Å². The molecule has 1 aliphatic rings. The molecule has 2 rings (SSSR count). The molecular weight excluding hydrogens is 230 g/mol. The molecule has 1 saturated carbocycles. The van der Waals surface area contributed by atoms with Gasteiger partial charge in [-0.15, -0.1) is 0 Å². The molecule has 0 aromatic carbocycles. The van der Waals surface area contributed by atoms with E-state index in [4.69, 9.17) is 5.73 Å². The normalized spacial score (nSPS) is 20.8. The summed E-state index contributed by atoms with van der Waals surface area (Å²) in [5, 5.41) is 0. The molecule has 1 unspecified atom stereocenters. The molecule has 0 radical (unpaired) electrons. The van der Waals surface area contributed by atoms with Crippen LogP contribution in [0.1, 0.15) is 37.5 Å². The second kappa shape index (κ2) is 3.80. The summed E-state index contributed by atoms with van der Waals surface area (Å²) in [6, 6.07) is 0.0915. The molecule has 72 valence electrons. The van der Waals surface area contributed by atoms with E-state index in [2.05, 4.69) is 25.9 Å².